The number of nitrogens with one attached hydrogen (secondary N) is 1. The summed E-state index contributed by atoms with van der Waals surface area (Å²) in [4.78, 5) is 17.6. The molecule has 3 aromatic rings. The molecule has 1 N–H and O–H groups in total. The number of aryl methyl sites for hydroxylation is 1. The first-order chi connectivity index (χ1) is 12.5. The monoisotopic (exact) mass is 387 g/mol. The molecule has 0 fully saturated rings. The van der Waals surface area contributed by atoms with Gasteiger partial charge in [0.1, 0.15) is 0 Å². The van der Waals surface area contributed by atoms with Crippen molar-refractivity contribution in [1.29, 1.82) is 0 Å². The predicted octanol–water partition coefficient (Wildman–Crippen LogP) is 5.57. The van der Waals surface area contributed by atoms with Crippen LogP contribution < -0.4 is 5.56 Å². The Bertz CT molecular complexity index is 983. The maximum atomic E-state index is 13.0. The molecule has 0 aliphatic heterocycles. The van der Waals surface area contributed by atoms with Gasteiger partial charge in [-0.1, -0.05) is 54.7 Å². The number of rotatable bonds is 5. The highest BCUT2D eigenvalue weighted by atomic mass is 35.5. The van der Waals surface area contributed by atoms with Crippen LogP contribution in [-0.4, -0.2) is 15.5 Å². The van der Waals surface area contributed by atoms with Crippen molar-refractivity contribution in [2.24, 2.45) is 4.99 Å². The lowest BCUT2D eigenvalue weighted by Crippen LogP contribution is -2.19. The maximum absolute atomic E-state index is 13.0. The van der Waals surface area contributed by atoms with Gasteiger partial charge in [0, 0.05) is 15.7 Å². The van der Waals surface area contributed by atoms with Crippen LogP contribution >= 0.6 is 23.2 Å². The molecule has 0 bridgehead atoms. The lowest BCUT2D eigenvalue weighted by atomic mass is 10.1. The number of benzene rings is 2. The van der Waals surface area contributed by atoms with Gasteiger partial charge in [0.25, 0.3) is 5.56 Å². The molecule has 0 radical (unpaired) electrons. The van der Waals surface area contributed by atoms with E-state index in [0.29, 0.717) is 27.0 Å². The van der Waals surface area contributed by atoms with E-state index >= 15 is 0 Å². The van der Waals surface area contributed by atoms with Gasteiger partial charge in [-0.25, -0.2) is 4.68 Å². The van der Waals surface area contributed by atoms with Gasteiger partial charge in [-0.05, 0) is 43.7 Å². The van der Waals surface area contributed by atoms with E-state index in [1.807, 2.05) is 37.3 Å². The molecule has 1 heterocycles. The molecule has 0 atom stereocenters. The van der Waals surface area contributed by atoms with Crippen molar-refractivity contribution in [3.05, 3.63) is 80.2 Å². The highest BCUT2D eigenvalue weighted by molar-refractivity contribution is 6.35. The number of H-pyrrole nitrogens is 1. The summed E-state index contributed by atoms with van der Waals surface area (Å²) in [6.07, 6.45) is 1.67. The Balaban J connectivity index is 2.12. The number of para-hydroxylation sites is 1. The van der Waals surface area contributed by atoms with Gasteiger partial charge < -0.3 is 0 Å². The fourth-order valence-corrected chi connectivity index (χ4v) is 3.41. The summed E-state index contributed by atoms with van der Waals surface area (Å²) in [5.74, 6) is 0. The number of hydrogen-bond acceptors (Lipinski definition) is 2. The molecule has 3 rings (SSSR count). The van der Waals surface area contributed by atoms with E-state index in [0.717, 1.165) is 24.2 Å². The lowest BCUT2D eigenvalue weighted by Gasteiger charge is -2.02. The first-order valence-corrected chi connectivity index (χ1v) is 9.16. The Morgan fingerprint density at radius 1 is 1.12 bits per heavy atom. The van der Waals surface area contributed by atoms with E-state index in [-0.39, 0.29) is 5.56 Å². The van der Waals surface area contributed by atoms with E-state index in [9.17, 15) is 4.79 Å². The van der Waals surface area contributed by atoms with Gasteiger partial charge in [0.2, 0.25) is 0 Å². The molecule has 0 unspecified atom stereocenters. The van der Waals surface area contributed by atoms with Crippen LogP contribution in [0.5, 0.6) is 0 Å². The second-order valence-electron chi connectivity index (χ2n) is 6.02. The molecular weight excluding hydrogens is 369 g/mol. The molecule has 4 nitrogen and oxygen atoms in total. The van der Waals surface area contributed by atoms with Gasteiger partial charge in [-0.3, -0.25) is 14.9 Å². The van der Waals surface area contributed by atoms with Crippen molar-refractivity contribution < 1.29 is 0 Å². The molecule has 0 saturated carbocycles. The van der Waals surface area contributed by atoms with Crippen molar-refractivity contribution in [1.82, 2.24) is 9.78 Å². The van der Waals surface area contributed by atoms with Crippen LogP contribution in [0.2, 0.25) is 10.0 Å². The number of aromatic nitrogens is 2. The molecule has 26 heavy (non-hydrogen) atoms. The molecule has 0 spiro atoms. The highest BCUT2D eigenvalue weighted by Crippen LogP contribution is 2.25. The molecular formula is C20H19Cl2N3O. The zero-order chi connectivity index (χ0) is 18.7. The van der Waals surface area contributed by atoms with Crippen molar-refractivity contribution in [3.8, 4) is 5.69 Å². The zero-order valence-electron chi connectivity index (χ0n) is 14.6. The van der Waals surface area contributed by atoms with Crippen LogP contribution in [0.1, 0.15) is 31.5 Å². The Kier molecular flexibility index (Phi) is 5.64. The first-order valence-electron chi connectivity index (χ1n) is 8.40. The molecule has 134 valence electrons. The van der Waals surface area contributed by atoms with Crippen LogP contribution in [0, 0.1) is 0 Å². The molecule has 2 aromatic carbocycles. The zero-order valence-corrected chi connectivity index (χ0v) is 16.1. The summed E-state index contributed by atoms with van der Waals surface area (Å²) >= 11 is 12.1. The Morgan fingerprint density at radius 3 is 2.38 bits per heavy atom. The third-order valence-corrected chi connectivity index (χ3v) is 4.42. The summed E-state index contributed by atoms with van der Waals surface area (Å²) in [6.45, 7) is 3.90. The molecule has 0 aliphatic rings. The maximum Gasteiger partial charge on any atom is 0.280 e. The minimum atomic E-state index is -0.117. The Labute approximate surface area is 162 Å². The van der Waals surface area contributed by atoms with E-state index in [4.69, 9.17) is 23.2 Å². The second kappa shape index (κ2) is 7.94. The molecule has 0 aliphatic carbocycles. The summed E-state index contributed by atoms with van der Waals surface area (Å²) in [7, 11) is 0. The van der Waals surface area contributed by atoms with Gasteiger partial charge >= 0.3 is 0 Å². The standard InChI is InChI=1S/C20H19Cl2N3O/c1-3-7-18-19(13(2)23-16-11-14(21)10-15(22)12-16)20(26)25(24-18)17-8-5-4-6-9-17/h4-6,8-12,24H,3,7H2,1-2H3. The smallest absolute Gasteiger partial charge is 0.280 e. The first kappa shape index (κ1) is 18.5. The normalized spacial score (nSPS) is 11.8. The van der Waals surface area contributed by atoms with Gasteiger partial charge in [0.05, 0.1) is 22.6 Å². The minimum absolute atomic E-state index is 0.117. The molecule has 0 amide bonds. The van der Waals surface area contributed by atoms with Crippen molar-refractivity contribution in [2.75, 3.05) is 0 Å². The van der Waals surface area contributed by atoms with Crippen molar-refractivity contribution >= 4 is 34.6 Å². The number of halogens is 2. The van der Waals surface area contributed by atoms with Gasteiger partial charge in [-0.2, -0.15) is 0 Å². The molecule has 1 aromatic heterocycles. The lowest BCUT2D eigenvalue weighted by molar-refractivity contribution is 0.793. The van der Waals surface area contributed by atoms with E-state index < -0.39 is 0 Å². The fourth-order valence-electron chi connectivity index (χ4n) is 2.90. The largest absolute Gasteiger partial charge is 0.294 e. The quantitative estimate of drug-likeness (QED) is 0.571. The molecule has 0 saturated heterocycles. The summed E-state index contributed by atoms with van der Waals surface area (Å²) in [6, 6.07) is 14.6. The highest BCUT2D eigenvalue weighted by Gasteiger charge is 2.17. The van der Waals surface area contributed by atoms with Crippen LogP contribution in [0.3, 0.4) is 0 Å². The van der Waals surface area contributed by atoms with E-state index in [2.05, 4.69) is 17.0 Å². The Morgan fingerprint density at radius 2 is 1.77 bits per heavy atom. The topological polar surface area (TPSA) is 50.1 Å². The second-order valence-corrected chi connectivity index (χ2v) is 6.89. The van der Waals surface area contributed by atoms with Crippen molar-refractivity contribution in [3.63, 3.8) is 0 Å². The van der Waals surface area contributed by atoms with Crippen LogP contribution in [0.25, 0.3) is 5.69 Å². The average molecular weight is 388 g/mol. The number of nitrogens with zero attached hydrogens (tertiary/aromatic N) is 2. The number of aromatic amines is 1. The third kappa shape index (κ3) is 3.92. The van der Waals surface area contributed by atoms with Crippen molar-refractivity contribution in [2.45, 2.75) is 26.7 Å². The van der Waals surface area contributed by atoms with E-state index in [1.165, 1.54) is 0 Å². The average Bonchev–Trinajstić information content (AvgIpc) is 2.91. The number of hydrogen-bond donors (Lipinski definition) is 1. The SMILES string of the molecule is CCCc1[nH]n(-c2ccccc2)c(=O)c1C(C)=Nc1cc(Cl)cc(Cl)c1. The summed E-state index contributed by atoms with van der Waals surface area (Å²) < 4.78 is 1.56. The number of aliphatic imine (C=N–C) groups is 1. The van der Waals surface area contributed by atoms with Gasteiger partial charge in [-0.15, -0.1) is 0 Å². The van der Waals surface area contributed by atoms with Gasteiger partial charge in [0.15, 0.2) is 0 Å². The Hall–Kier alpha value is -2.30. The summed E-state index contributed by atoms with van der Waals surface area (Å²) in [5, 5.41) is 4.24. The van der Waals surface area contributed by atoms with E-state index in [1.54, 1.807) is 22.9 Å². The summed E-state index contributed by atoms with van der Waals surface area (Å²) in [5.41, 5.74) is 3.38. The predicted molar refractivity (Wildman–Crippen MR) is 109 cm³/mol. The third-order valence-electron chi connectivity index (χ3n) is 3.99. The molecule has 6 heteroatoms. The van der Waals surface area contributed by atoms with Crippen LogP contribution in [0.4, 0.5) is 5.69 Å². The van der Waals surface area contributed by atoms with Crippen LogP contribution in [-0.2, 0) is 6.42 Å². The fraction of sp³-hybridized carbons (Fsp3) is 0.200. The van der Waals surface area contributed by atoms with Crippen LogP contribution in [0.15, 0.2) is 58.3 Å². The minimum Gasteiger partial charge on any atom is -0.294 e.